The minimum atomic E-state index is -5.08. The number of alkyl halides is 6. The molecular formula is C20H25F6N3O7. The van der Waals surface area contributed by atoms with Crippen LogP contribution in [0.15, 0.2) is 24.4 Å². The molecule has 204 valence electrons. The topological polar surface area (TPSA) is 130 Å². The van der Waals surface area contributed by atoms with Crippen LogP contribution in [0.5, 0.6) is 5.88 Å². The third kappa shape index (κ3) is 10.2. The number of halogens is 6. The van der Waals surface area contributed by atoms with Gasteiger partial charge in [-0.25, -0.2) is 14.6 Å². The minimum Gasteiger partial charge on any atom is -0.475 e. The predicted octanol–water partition coefficient (Wildman–Crippen LogP) is 2.05. The molecule has 0 spiro atoms. The van der Waals surface area contributed by atoms with Crippen molar-refractivity contribution in [2.75, 3.05) is 33.8 Å². The van der Waals surface area contributed by atoms with Crippen molar-refractivity contribution in [3.63, 3.8) is 0 Å². The van der Waals surface area contributed by atoms with Crippen molar-refractivity contribution < 1.29 is 60.4 Å². The fraction of sp³-hybridized carbons (Fsp3) is 0.600. The van der Waals surface area contributed by atoms with Gasteiger partial charge in [0.1, 0.15) is 12.2 Å². The van der Waals surface area contributed by atoms with E-state index < -0.39 is 24.3 Å². The summed E-state index contributed by atoms with van der Waals surface area (Å²) in [6, 6.07) is 5.71. The van der Waals surface area contributed by atoms with Crippen molar-refractivity contribution in [3.8, 4) is 5.88 Å². The van der Waals surface area contributed by atoms with Crippen LogP contribution in [0, 0.1) is 0 Å². The molecule has 3 atom stereocenters. The first-order chi connectivity index (χ1) is 16.5. The van der Waals surface area contributed by atoms with Gasteiger partial charge >= 0.3 is 24.3 Å². The lowest BCUT2D eigenvalue weighted by Gasteiger charge is -2.32. The van der Waals surface area contributed by atoms with Gasteiger partial charge in [0.25, 0.3) is 0 Å². The number of aromatic nitrogens is 1. The highest BCUT2D eigenvalue weighted by atomic mass is 19.4. The Morgan fingerprint density at radius 3 is 2.11 bits per heavy atom. The number of carboxylic acid groups (broad SMARTS) is 2. The molecule has 3 heterocycles. The molecule has 1 amide bonds. The summed E-state index contributed by atoms with van der Waals surface area (Å²) in [6.07, 6.45) is -6.69. The molecule has 0 aliphatic carbocycles. The number of fused-ring (bicyclic) bond motifs is 1. The summed E-state index contributed by atoms with van der Waals surface area (Å²) < 4.78 is 75.4. The number of hydrogen-bond acceptors (Lipinski definition) is 7. The lowest BCUT2D eigenvalue weighted by Crippen LogP contribution is -2.46. The second-order valence-corrected chi connectivity index (χ2v) is 7.76. The zero-order valence-electron chi connectivity index (χ0n) is 19.1. The number of carboxylic acids is 2. The molecule has 3 rings (SSSR count). The highest BCUT2D eigenvalue weighted by Gasteiger charge is 2.47. The molecule has 10 nitrogen and oxygen atoms in total. The molecule has 36 heavy (non-hydrogen) atoms. The van der Waals surface area contributed by atoms with Gasteiger partial charge in [-0.05, 0) is 33.0 Å². The average molecular weight is 533 g/mol. The summed E-state index contributed by atoms with van der Waals surface area (Å²) in [5.74, 6) is -4.79. The fourth-order valence-corrected chi connectivity index (χ4v) is 3.23. The van der Waals surface area contributed by atoms with Gasteiger partial charge in [0.05, 0.1) is 19.1 Å². The van der Waals surface area contributed by atoms with Crippen molar-refractivity contribution in [2.45, 2.75) is 43.4 Å². The molecule has 0 unspecified atom stereocenters. The first-order valence-electron chi connectivity index (χ1n) is 10.3. The molecule has 0 saturated carbocycles. The first-order valence-corrected chi connectivity index (χ1v) is 10.3. The number of rotatable bonds is 4. The Morgan fingerprint density at radius 1 is 1.11 bits per heavy atom. The lowest BCUT2D eigenvalue weighted by molar-refractivity contribution is -0.193. The van der Waals surface area contributed by atoms with Crippen molar-refractivity contribution >= 4 is 17.8 Å². The van der Waals surface area contributed by atoms with Crippen LogP contribution >= 0.6 is 0 Å². The van der Waals surface area contributed by atoms with Crippen LogP contribution < -0.4 is 4.74 Å². The summed E-state index contributed by atoms with van der Waals surface area (Å²) in [5, 5.41) is 14.2. The largest absolute Gasteiger partial charge is 0.490 e. The number of ether oxygens (including phenoxy) is 2. The van der Waals surface area contributed by atoms with Crippen LogP contribution in [-0.2, 0) is 19.1 Å². The van der Waals surface area contributed by atoms with E-state index in [9.17, 15) is 31.1 Å². The average Bonchev–Trinajstić information content (AvgIpc) is 3.12. The van der Waals surface area contributed by atoms with Gasteiger partial charge in [-0.1, -0.05) is 6.07 Å². The van der Waals surface area contributed by atoms with E-state index in [0.29, 0.717) is 19.0 Å². The minimum absolute atomic E-state index is 0.0538. The smallest absolute Gasteiger partial charge is 0.475 e. The number of hydrogen-bond donors (Lipinski definition) is 2. The van der Waals surface area contributed by atoms with Crippen molar-refractivity contribution in [1.29, 1.82) is 0 Å². The highest BCUT2D eigenvalue weighted by Crippen LogP contribution is 2.31. The fourth-order valence-electron chi connectivity index (χ4n) is 3.23. The number of aliphatic carboxylic acids is 2. The van der Waals surface area contributed by atoms with E-state index in [4.69, 9.17) is 29.3 Å². The van der Waals surface area contributed by atoms with Crippen LogP contribution in [0.3, 0.4) is 0 Å². The third-order valence-corrected chi connectivity index (χ3v) is 4.64. The van der Waals surface area contributed by atoms with E-state index in [1.807, 2.05) is 42.1 Å². The highest BCUT2D eigenvalue weighted by molar-refractivity contribution is 5.79. The Morgan fingerprint density at radius 2 is 1.67 bits per heavy atom. The Bertz CT molecular complexity index is 844. The summed E-state index contributed by atoms with van der Waals surface area (Å²) in [6.45, 7) is 1.72. The Hall–Kier alpha value is -3.14. The monoisotopic (exact) mass is 533 g/mol. The summed E-state index contributed by atoms with van der Waals surface area (Å²) in [7, 11) is 3.81. The van der Waals surface area contributed by atoms with Crippen LogP contribution in [0.25, 0.3) is 0 Å². The molecule has 0 aromatic carbocycles. The van der Waals surface area contributed by atoms with Crippen LogP contribution in [0.4, 0.5) is 26.3 Å². The zero-order chi connectivity index (χ0) is 27.7. The molecule has 2 aliphatic rings. The number of carbonyl (C=O) groups is 3. The Kier molecular flexibility index (Phi) is 11.4. The molecule has 0 bridgehead atoms. The van der Waals surface area contributed by atoms with Gasteiger partial charge in [0.2, 0.25) is 11.8 Å². The molecule has 2 aliphatic heterocycles. The second kappa shape index (κ2) is 13.2. The number of pyridine rings is 1. The first kappa shape index (κ1) is 30.9. The molecule has 1 aromatic heterocycles. The Labute approximate surface area is 201 Å². The number of likely N-dealkylation sites (tertiary alicyclic amines) is 1. The number of nitrogens with zero attached hydrogens (tertiary/aromatic N) is 3. The van der Waals surface area contributed by atoms with E-state index in [2.05, 4.69) is 4.98 Å². The SMILES string of the molecule is CN(C)CC(=O)N1C[C@H](Oc2ccccn2)[C@H]2OCCC[C@H]21.O=C(O)C(F)(F)F.O=C(O)C(F)(F)F. The van der Waals surface area contributed by atoms with E-state index in [-0.39, 0.29) is 24.2 Å². The van der Waals surface area contributed by atoms with Crippen molar-refractivity contribution in [2.24, 2.45) is 0 Å². The number of carbonyl (C=O) groups excluding carboxylic acids is 1. The Balaban J connectivity index is 0.000000383. The van der Waals surface area contributed by atoms with Gasteiger partial charge in [0.15, 0.2) is 0 Å². The van der Waals surface area contributed by atoms with E-state index in [1.54, 1.807) is 6.20 Å². The van der Waals surface area contributed by atoms with Crippen molar-refractivity contribution in [1.82, 2.24) is 14.8 Å². The molecule has 1 aromatic rings. The molecule has 2 saturated heterocycles. The van der Waals surface area contributed by atoms with Gasteiger partial charge < -0.3 is 29.5 Å². The summed E-state index contributed by atoms with van der Waals surface area (Å²) in [4.78, 5) is 38.3. The lowest BCUT2D eigenvalue weighted by atomic mass is 10.0. The standard InChI is InChI=1S/C16H23N3O3.2C2HF3O2/c1-18(2)11-15(20)19-10-13(16-12(19)6-5-9-21-16)22-14-7-3-4-8-17-14;2*3-2(4,5)1(6)7/h3-4,7-8,12-13,16H,5-6,9-11H2,1-2H3;2*(H,6,7)/t12-,13+,16+;;/m1../s1. The van der Waals surface area contributed by atoms with Gasteiger partial charge in [-0.3, -0.25) is 4.79 Å². The maximum atomic E-state index is 12.5. The number of likely N-dealkylation sites (N-methyl/N-ethyl adjacent to an activating group) is 1. The maximum Gasteiger partial charge on any atom is 0.490 e. The van der Waals surface area contributed by atoms with E-state index >= 15 is 0 Å². The van der Waals surface area contributed by atoms with Crippen molar-refractivity contribution in [3.05, 3.63) is 24.4 Å². The van der Waals surface area contributed by atoms with Gasteiger partial charge in [-0.2, -0.15) is 26.3 Å². The quantitative estimate of drug-likeness (QED) is 0.559. The van der Waals surface area contributed by atoms with Gasteiger partial charge in [-0.15, -0.1) is 0 Å². The van der Waals surface area contributed by atoms with E-state index in [1.165, 1.54) is 0 Å². The summed E-state index contributed by atoms with van der Waals surface area (Å²) in [5.41, 5.74) is 0. The summed E-state index contributed by atoms with van der Waals surface area (Å²) >= 11 is 0. The molecule has 0 radical (unpaired) electrons. The molecule has 2 N–H and O–H groups in total. The molecule has 16 heteroatoms. The van der Waals surface area contributed by atoms with Crippen LogP contribution in [0.1, 0.15) is 12.8 Å². The van der Waals surface area contributed by atoms with E-state index in [0.717, 1.165) is 19.4 Å². The van der Waals surface area contributed by atoms with Gasteiger partial charge in [0, 0.05) is 18.9 Å². The second-order valence-electron chi connectivity index (χ2n) is 7.76. The molecule has 2 fully saturated rings. The maximum absolute atomic E-state index is 12.5. The normalized spacial score (nSPS) is 21.4. The zero-order valence-corrected chi connectivity index (χ0v) is 19.1. The predicted molar refractivity (Wildman–Crippen MR) is 109 cm³/mol. The number of amides is 1. The molecular weight excluding hydrogens is 508 g/mol. The van der Waals surface area contributed by atoms with Crippen LogP contribution in [-0.4, -0.2) is 107 Å². The van der Waals surface area contributed by atoms with Crippen LogP contribution in [0.2, 0.25) is 0 Å². The third-order valence-electron chi connectivity index (χ3n) is 4.64.